The Morgan fingerprint density at radius 1 is 1.45 bits per heavy atom. The highest BCUT2D eigenvalue weighted by molar-refractivity contribution is 7.85. The van der Waals surface area contributed by atoms with Gasteiger partial charge in [0.25, 0.3) is 0 Å². The molecule has 0 spiro atoms. The molecule has 1 aromatic rings. The Balaban J connectivity index is 2.41. The molecule has 2 atom stereocenters. The lowest BCUT2D eigenvalue weighted by molar-refractivity contribution is -0.116. The van der Waals surface area contributed by atoms with Crippen LogP contribution >= 0.6 is 0 Å². The fourth-order valence-corrected chi connectivity index (χ4v) is 2.87. The van der Waals surface area contributed by atoms with E-state index in [1.54, 1.807) is 24.3 Å². The number of para-hydroxylation sites is 1. The third kappa shape index (κ3) is 5.14. The number of hydrogen-bond donors (Lipinski definition) is 1. The minimum Gasteiger partial charge on any atom is -0.325 e. The standard InChI is InChI=1S/C15H20N2O2S/c1-3-12(2)20(19)10-6-9-15(18)17-14-8-5-4-7-13(14)11-16/h4-5,7-8,12H,3,6,9-10H2,1-2H3,(H,17,18). The van der Waals surface area contributed by atoms with Gasteiger partial charge in [-0.2, -0.15) is 5.26 Å². The number of rotatable bonds is 7. The molecule has 0 saturated heterocycles. The molecule has 0 aliphatic carbocycles. The fraction of sp³-hybridized carbons (Fsp3) is 0.467. The maximum Gasteiger partial charge on any atom is 0.224 e. The summed E-state index contributed by atoms with van der Waals surface area (Å²) in [6, 6.07) is 8.92. The Hall–Kier alpha value is -1.67. The maximum atomic E-state index is 11.8. The average Bonchev–Trinajstić information content (AvgIpc) is 2.46. The van der Waals surface area contributed by atoms with Crippen LogP contribution < -0.4 is 5.32 Å². The van der Waals surface area contributed by atoms with Gasteiger partial charge in [0.15, 0.2) is 0 Å². The molecule has 20 heavy (non-hydrogen) atoms. The van der Waals surface area contributed by atoms with Crippen LogP contribution in [0.4, 0.5) is 5.69 Å². The first kappa shape index (κ1) is 16.4. The number of benzene rings is 1. The van der Waals surface area contributed by atoms with Gasteiger partial charge >= 0.3 is 0 Å². The van der Waals surface area contributed by atoms with Crippen molar-refractivity contribution in [2.75, 3.05) is 11.1 Å². The average molecular weight is 292 g/mol. The van der Waals surface area contributed by atoms with Crippen LogP contribution in [0.3, 0.4) is 0 Å². The summed E-state index contributed by atoms with van der Waals surface area (Å²) in [5, 5.41) is 11.8. The van der Waals surface area contributed by atoms with Crippen LogP contribution in [0.15, 0.2) is 24.3 Å². The van der Waals surface area contributed by atoms with Crippen LogP contribution in [0.1, 0.15) is 38.7 Å². The molecule has 1 N–H and O–H groups in total. The molecule has 4 nitrogen and oxygen atoms in total. The van der Waals surface area contributed by atoms with E-state index in [2.05, 4.69) is 5.32 Å². The first-order chi connectivity index (χ1) is 9.58. The molecular weight excluding hydrogens is 272 g/mol. The van der Waals surface area contributed by atoms with Gasteiger partial charge in [-0.05, 0) is 25.0 Å². The molecule has 108 valence electrons. The molecular formula is C15H20N2O2S. The van der Waals surface area contributed by atoms with Crippen LogP contribution in [0.5, 0.6) is 0 Å². The molecule has 1 amide bonds. The second kappa shape index (κ2) is 8.49. The van der Waals surface area contributed by atoms with Gasteiger partial charge < -0.3 is 5.32 Å². The van der Waals surface area contributed by atoms with E-state index < -0.39 is 10.8 Å². The Labute approximate surface area is 122 Å². The molecule has 2 unspecified atom stereocenters. The van der Waals surface area contributed by atoms with Crippen LogP contribution in [0, 0.1) is 11.3 Å². The molecule has 0 heterocycles. The zero-order chi connectivity index (χ0) is 15.0. The van der Waals surface area contributed by atoms with Crippen molar-refractivity contribution < 1.29 is 9.00 Å². The molecule has 0 radical (unpaired) electrons. The van der Waals surface area contributed by atoms with Gasteiger partial charge in [-0.3, -0.25) is 9.00 Å². The Morgan fingerprint density at radius 2 is 2.15 bits per heavy atom. The molecule has 0 aliphatic heterocycles. The summed E-state index contributed by atoms with van der Waals surface area (Å²) in [6.07, 6.45) is 1.80. The fourth-order valence-electron chi connectivity index (χ4n) is 1.66. The van der Waals surface area contributed by atoms with Gasteiger partial charge in [0.2, 0.25) is 5.91 Å². The van der Waals surface area contributed by atoms with Crippen molar-refractivity contribution in [2.45, 2.75) is 38.4 Å². The lowest BCUT2D eigenvalue weighted by atomic mass is 10.2. The van der Waals surface area contributed by atoms with Gasteiger partial charge in [-0.25, -0.2) is 0 Å². The lowest BCUT2D eigenvalue weighted by Crippen LogP contribution is -2.16. The highest BCUT2D eigenvalue weighted by Crippen LogP contribution is 2.14. The second-order valence-electron chi connectivity index (χ2n) is 4.61. The van der Waals surface area contributed by atoms with Crippen molar-refractivity contribution in [2.24, 2.45) is 0 Å². The van der Waals surface area contributed by atoms with Gasteiger partial charge in [-0.1, -0.05) is 26.0 Å². The van der Waals surface area contributed by atoms with E-state index in [4.69, 9.17) is 5.26 Å². The maximum absolute atomic E-state index is 11.8. The lowest BCUT2D eigenvalue weighted by Gasteiger charge is -2.09. The predicted molar refractivity (Wildman–Crippen MR) is 81.8 cm³/mol. The van der Waals surface area contributed by atoms with E-state index >= 15 is 0 Å². The second-order valence-corrected chi connectivity index (χ2v) is 6.59. The SMILES string of the molecule is CCC(C)S(=O)CCCC(=O)Nc1ccccc1C#N. The third-order valence-electron chi connectivity index (χ3n) is 3.09. The van der Waals surface area contributed by atoms with Crippen molar-refractivity contribution in [3.05, 3.63) is 29.8 Å². The number of anilines is 1. The van der Waals surface area contributed by atoms with Crippen LogP contribution in [-0.2, 0) is 15.6 Å². The smallest absolute Gasteiger partial charge is 0.224 e. The van der Waals surface area contributed by atoms with E-state index in [0.29, 0.717) is 29.8 Å². The van der Waals surface area contributed by atoms with Crippen molar-refractivity contribution in [3.8, 4) is 6.07 Å². The number of nitrogens with zero attached hydrogens (tertiary/aromatic N) is 1. The highest BCUT2D eigenvalue weighted by Gasteiger charge is 2.10. The van der Waals surface area contributed by atoms with Crippen LogP contribution in [0.25, 0.3) is 0 Å². The van der Waals surface area contributed by atoms with Crippen molar-refractivity contribution in [1.82, 2.24) is 0 Å². The van der Waals surface area contributed by atoms with E-state index in [1.807, 2.05) is 19.9 Å². The first-order valence-electron chi connectivity index (χ1n) is 6.74. The quantitative estimate of drug-likeness (QED) is 0.840. The number of hydrogen-bond acceptors (Lipinski definition) is 3. The van der Waals surface area contributed by atoms with E-state index in [1.165, 1.54) is 0 Å². The van der Waals surface area contributed by atoms with Gasteiger partial charge in [-0.15, -0.1) is 0 Å². The third-order valence-corrected chi connectivity index (χ3v) is 5.02. The van der Waals surface area contributed by atoms with E-state index in [9.17, 15) is 9.00 Å². The zero-order valence-corrected chi connectivity index (χ0v) is 12.7. The summed E-state index contributed by atoms with van der Waals surface area (Å²) in [6.45, 7) is 3.97. The Kier molecular flexibility index (Phi) is 6.96. The summed E-state index contributed by atoms with van der Waals surface area (Å²) in [7, 11) is -0.866. The normalized spacial score (nSPS) is 13.2. The first-order valence-corrected chi connectivity index (χ1v) is 8.12. The van der Waals surface area contributed by atoms with Crippen LogP contribution in [-0.4, -0.2) is 21.1 Å². The molecule has 1 aromatic carbocycles. The summed E-state index contributed by atoms with van der Waals surface area (Å²) in [5.74, 6) is 0.399. The number of amides is 1. The Bertz CT molecular complexity index is 523. The van der Waals surface area contributed by atoms with Crippen LogP contribution in [0.2, 0.25) is 0 Å². The monoisotopic (exact) mass is 292 g/mol. The van der Waals surface area contributed by atoms with Crippen molar-refractivity contribution in [1.29, 1.82) is 5.26 Å². The summed E-state index contributed by atoms with van der Waals surface area (Å²) < 4.78 is 11.8. The molecule has 1 rings (SSSR count). The Morgan fingerprint density at radius 3 is 2.80 bits per heavy atom. The molecule has 0 aliphatic rings. The summed E-state index contributed by atoms with van der Waals surface area (Å²) in [4.78, 5) is 11.8. The van der Waals surface area contributed by atoms with E-state index in [-0.39, 0.29) is 11.2 Å². The van der Waals surface area contributed by atoms with Crippen molar-refractivity contribution >= 4 is 22.4 Å². The minimum atomic E-state index is -0.866. The predicted octanol–water partition coefficient (Wildman–Crippen LogP) is 2.82. The van der Waals surface area contributed by atoms with Gasteiger partial charge in [0.1, 0.15) is 6.07 Å². The van der Waals surface area contributed by atoms with Gasteiger partial charge in [0, 0.05) is 28.2 Å². The number of nitriles is 1. The number of nitrogens with one attached hydrogen (secondary N) is 1. The van der Waals surface area contributed by atoms with Gasteiger partial charge in [0.05, 0.1) is 11.3 Å². The molecule has 0 bridgehead atoms. The minimum absolute atomic E-state index is 0.145. The largest absolute Gasteiger partial charge is 0.325 e. The van der Waals surface area contributed by atoms with E-state index in [0.717, 1.165) is 6.42 Å². The number of carbonyl (C=O) groups is 1. The molecule has 5 heteroatoms. The van der Waals surface area contributed by atoms with Crippen molar-refractivity contribution in [3.63, 3.8) is 0 Å². The highest BCUT2D eigenvalue weighted by atomic mass is 32.2. The number of carbonyl (C=O) groups excluding carboxylic acids is 1. The summed E-state index contributed by atoms with van der Waals surface area (Å²) in [5.41, 5.74) is 0.979. The molecule has 0 fully saturated rings. The zero-order valence-electron chi connectivity index (χ0n) is 11.9. The topological polar surface area (TPSA) is 70.0 Å². The summed E-state index contributed by atoms with van der Waals surface area (Å²) >= 11 is 0. The molecule has 0 aromatic heterocycles. The molecule has 0 saturated carbocycles.